The number of hydrogen-bond donors (Lipinski definition) is 0. The first-order valence-electron chi connectivity index (χ1n) is 9.73. The van der Waals surface area contributed by atoms with E-state index in [0.29, 0.717) is 17.2 Å². The highest BCUT2D eigenvalue weighted by Gasteiger charge is 2.32. The first-order chi connectivity index (χ1) is 11.5. The molecular formula is C21H31NOSi. The van der Waals surface area contributed by atoms with Crippen LogP contribution in [-0.2, 0) is 4.43 Å². The fraction of sp³-hybridized carbons (Fsp3) is 0.619. The van der Waals surface area contributed by atoms with Gasteiger partial charge in [-0.25, -0.2) is 0 Å². The van der Waals surface area contributed by atoms with Crippen molar-refractivity contribution in [3.63, 3.8) is 0 Å². The van der Waals surface area contributed by atoms with Crippen molar-refractivity contribution in [3.8, 4) is 0 Å². The maximum atomic E-state index is 6.32. The minimum atomic E-state index is -0.415. The van der Waals surface area contributed by atoms with Crippen LogP contribution >= 0.6 is 0 Å². The normalized spacial score (nSPS) is 25.8. The molecule has 0 saturated heterocycles. The summed E-state index contributed by atoms with van der Waals surface area (Å²) >= 11 is 0. The molecule has 4 rings (SSSR count). The highest BCUT2D eigenvalue weighted by molar-refractivity contribution is 6.31. The Morgan fingerprint density at radius 3 is 2.38 bits per heavy atom. The van der Waals surface area contributed by atoms with Crippen molar-refractivity contribution in [2.24, 2.45) is 0 Å². The molecule has 130 valence electrons. The molecule has 1 aromatic heterocycles. The van der Waals surface area contributed by atoms with Gasteiger partial charge in [0.15, 0.2) is 9.76 Å². The predicted octanol–water partition coefficient (Wildman–Crippen LogP) is 5.32. The van der Waals surface area contributed by atoms with E-state index in [1.165, 1.54) is 49.4 Å². The van der Waals surface area contributed by atoms with Crippen LogP contribution < -0.4 is 0 Å². The zero-order valence-electron chi connectivity index (χ0n) is 15.4. The molecule has 2 aliphatic carbocycles. The van der Waals surface area contributed by atoms with E-state index in [9.17, 15) is 0 Å². The molecule has 0 amide bonds. The number of benzene rings is 1. The SMILES string of the molecule is CC(C)(C)[SiH2]OC1CCC(n2c(C3CC3)cc3ccccc32)CC1. The van der Waals surface area contributed by atoms with Gasteiger partial charge >= 0.3 is 0 Å². The van der Waals surface area contributed by atoms with Crippen LogP contribution in [0.3, 0.4) is 0 Å². The molecule has 0 radical (unpaired) electrons. The van der Waals surface area contributed by atoms with Gasteiger partial charge in [0.05, 0.1) is 0 Å². The van der Waals surface area contributed by atoms with Crippen LogP contribution in [0.2, 0.25) is 5.04 Å². The summed E-state index contributed by atoms with van der Waals surface area (Å²) in [5, 5.41) is 1.84. The van der Waals surface area contributed by atoms with E-state index in [1.54, 1.807) is 5.69 Å². The van der Waals surface area contributed by atoms with Gasteiger partial charge in [0.2, 0.25) is 0 Å². The summed E-state index contributed by atoms with van der Waals surface area (Å²) in [6.07, 6.45) is 8.33. The quantitative estimate of drug-likeness (QED) is 0.686. The minimum absolute atomic E-state index is 0.409. The van der Waals surface area contributed by atoms with Crippen molar-refractivity contribution >= 4 is 20.7 Å². The first-order valence-corrected chi connectivity index (χ1v) is 11.0. The van der Waals surface area contributed by atoms with Crippen LogP contribution in [-0.4, -0.2) is 20.4 Å². The second-order valence-electron chi connectivity index (χ2n) is 9.07. The third-order valence-corrected chi connectivity index (χ3v) is 7.04. The first kappa shape index (κ1) is 16.4. The highest BCUT2D eigenvalue weighted by atomic mass is 28.2. The Bertz CT molecular complexity index is 702. The Morgan fingerprint density at radius 1 is 1.00 bits per heavy atom. The molecule has 2 saturated carbocycles. The number of rotatable bonds is 4. The summed E-state index contributed by atoms with van der Waals surface area (Å²) in [6, 6.07) is 12.1. The van der Waals surface area contributed by atoms with Crippen LogP contribution in [0.4, 0.5) is 0 Å². The molecule has 0 unspecified atom stereocenters. The molecule has 2 aliphatic rings. The van der Waals surface area contributed by atoms with Crippen LogP contribution in [0.25, 0.3) is 10.9 Å². The van der Waals surface area contributed by atoms with E-state index in [-0.39, 0.29) is 0 Å². The van der Waals surface area contributed by atoms with Gasteiger partial charge in [0, 0.05) is 23.4 Å². The molecule has 2 nitrogen and oxygen atoms in total. The number of para-hydroxylation sites is 1. The Labute approximate surface area is 148 Å². The zero-order chi connectivity index (χ0) is 16.7. The van der Waals surface area contributed by atoms with Crippen molar-refractivity contribution in [2.75, 3.05) is 0 Å². The average molecular weight is 342 g/mol. The molecule has 3 heteroatoms. The molecule has 0 spiro atoms. The van der Waals surface area contributed by atoms with Gasteiger partial charge in [-0.1, -0.05) is 39.0 Å². The maximum Gasteiger partial charge on any atom is 0.167 e. The van der Waals surface area contributed by atoms with Crippen molar-refractivity contribution in [1.82, 2.24) is 4.57 Å². The maximum absolute atomic E-state index is 6.32. The van der Waals surface area contributed by atoms with Gasteiger partial charge in [-0.05, 0) is 67.0 Å². The highest BCUT2D eigenvalue weighted by Crippen LogP contribution is 2.45. The number of fused-ring (bicyclic) bond motifs is 1. The lowest BCUT2D eigenvalue weighted by Crippen LogP contribution is -2.27. The molecule has 2 aromatic rings. The van der Waals surface area contributed by atoms with Gasteiger partial charge in [0.1, 0.15) is 0 Å². The molecule has 0 atom stereocenters. The zero-order valence-corrected chi connectivity index (χ0v) is 16.8. The average Bonchev–Trinajstić information content (AvgIpc) is 3.33. The Kier molecular flexibility index (Phi) is 4.34. The summed E-state index contributed by atoms with van der Waals surface area (Å²) < 4.78 is 9.02. The van der Waals surface area contributed by atoms with E-state index in [1.807, 2.05) is 0 Å². The van der Waals surface area contributed by atoms with E-state index >= 15 is 0 Å². The fourth-order valence-corrected chi connectivity index (χ4v) is 5.21. The summed E-state index contributed by atoms with van der Waals surface area (Å²) in [5.74, 6) is 0.819. The lowest BCUT2D eigenvalue weighted by molar-refractivity contribution is 0.134. The fourth-order valence-electron chi connectivity index (χ4n) is 4.14. The second-order valence-corrected chi connectivity index (χ2v) is 11.8. The van der Waals surface area contributed by atoms with Gasteiger partial charge in [-0.15, -0.1) is 0 Å². The standard InChI is InChI=1S/C21H31NOSi/c1-21(2,3)24-23-18-12-10-17(11-13-18)22-19-7-5-4-6-16(19)14-20(22)15-8-9-15/h4-7,14-15,17-18H,8-13,24H2,1-3H3. The van der Waals surface area contributed by atoms with Crippen molar-refractivity contribution < 1.29 is 4.43 Å². The van der Waals surface area contributed by atoms with E-state index in [0.717, 1.165) is 5.92 Å². The topological polar surface area (TPSA) is 14.2 Å². The summed E-state index contributed by atoms with van der Waals surface area (Å²) in [4.78, 5) is 0. The molecule has 24 heavy (non-hydrogen) atoms. The second kappa shape index (κ2) is 6.34. The number of aromatic nitrogens is 1. The number of nitrogens with zero attached hydrogens (tertiary/aromatic N) is 1. The molecule has 0 bridgehead atoms. The van der Waals surface area contributed by atoms with Crippen molar-refractivity contribution in [2.45, 2.75) is 82.4 Å². The molecule has 2 fully saturated rings. The molecule has 0 aliphatic heterocycles. The molecule has 1 heterocycles. The van der Waals surface area contributed by atoms with E-state index < -0.39 is 9.76 Å². The van der Waals surface area contributed by atoms with Crippen LogP contribution in [0.15, 0.2) is 30.3 Å². The Balaban J connectivity index is 1.49. The third-order valence-electron chi connectivity index (χ3n) is 5.53. The molecular weight excluding hydrogens is 310 g/mol. The molecule has 0 N–H and O–H groups in total. The Hall–Kier alpha value is -1.06. The third kappa shape index (κ3) is 3.47. The van der Waals surface area contributed by atoms with Gasteiger partial charge in [0.25, 0.3) is 0 Å². The monoisotopic (exact) mass is 341 g/mol. The number of hydrogen-bond acceptors (Lipinski definition) is 1. The van der Waals surface area contributed by atoms with E-state index in [2.05, 4.69) is 55.7 Å². The van der Waals surface area contributed by atoms with E-state index in [4.69, 9.17) is 4.43 Å². The van der Waals surface area contributed by atoms with Crippen molar-refractivity contribution in [3.05, 3.63) is 36.0 Å². The largest absolute Gasteiger partial charge is 0.421 e. The molecule has 1 aromatic carbocycles. The van der Waals surface area contributed by atoms with Gasteiger partial charge in [-0.3, -0.25) is 0 Å². The lowest BCUT2D eigenvalue weighted by atomic mass is 9.92. The van der Waals surface area contributed by atoms with Crippen molar-refractivity contribution in [1.29, 1.82) is 0 Å². The summed E-state index contributed by atoms with van der Waals surface area (Å²) in [5.41, 5.74) is 3.05. The summed E-state index contributed by atoms with van der Waals surface area (Å²) in [7, 11) is -0.415. The van der Waals surface area contributed by atoms with Gasteiger partial charge in [-0.2, -0.15) is 0 Å². The lowest BCUT2D eigenvalue weighted by Gasteiger charge is -2.33. The van der Waals surface area contributed by atoms with Gasteiger partial charge < -0.3 is 8.99 Å². The van der Waals surface area contributed by atoms with Crippen LogP contribution in [0, 0.1) is 0 Å². The smallest absolute Gasteiger partial charge is 0.167 e. The predicted molar refractivity (Wildman–Crippen MR) is 105 cm³/mol. The summed E-state index contributed by atoms with van der Waals surface area (Å²) in [6.45, 7) is 6.95. The Morgan fingerprint density at radius 2 is 1.71 bits per heavy atom. The minimum Gasteiger partial charge on any atom is -0.421 e. The van der Waals surface area contributed by atoms with Crippen LogP contribution in [0.5, 0.6) is 0 Å². The van der Waals surface area contributed by atoms with Crippen LogP contribution in [0.1, 0.15) is 76.9 Å².